The molecular formula is C14H23N5O. The number of carbonyl (C=O) groups is 1. The number of aromatic nitrogens is 2. The van der Waals surface area contributed by atoms with Crippen molar-refractivity contribution in [3.63, 3.8) is 0 Å². The molecule has 2 atom stereocenters. The number of hydrogen-bond donors (Lipinski definition) is 2. The zero-order chi connectivity index (χ0) is 13.9. The Morgan fingerprint density at radius 1 is 1.35 bits per heavy atom. The number of nitrogens with one attached hydrogen (secondary N) is 2. The van der Waals surface area contributed by atoms with Crippen molar-refractivity contribution in [1.29, 1.82) is 0 Å². The van der Waals surface area contributed by atoms with Crippen LogP contribution in [0, 0.1) is 0 Å². The first-order valence-electron chi connectivity index (χ1n) is 7.53. The Hall–Kier alpha value is -1.40. The third-order valence-corrected chi connectivity index (χ3v) is 4.23. The number of hydrogen-bond acceptors (Lipinski definition) is 4. The highest BCUT2D eigenvalue weighted by Gasteiger charge is 2.26. The maximum atomic E-state index is 12.5. The van der Waals surface area contributed by atoms with Crippen molar-refractivity contribution in [2.45, 2.75) is 31.8 Å². The van der Waals surface area contributed by atoms with Crippen LogP contribution in [0.15, 0.2) is 12.3 Å². The molecule has 0 bridgehead atoms. The van der Waals surface area contributed by atoms with Crippen LogP contribution in [0.1, 0.15) is 36.3 Å². The summed E-state index contributed by atoms with van der Waals surface area (Å²) in [7, 11) is 0. The molecule has 0 spiro atoms. The third kappa shape index (κ3) is 2.71. The van der Waals surface area contributed by atoms with E-state index in [2.05, 4.69) is 22.7 Å². The van der Waals surface area contributed by atoms with Crippen LogP contribution in [-0.2, 0) is 0 Å². The van der Waals surface area contributed by atoms with Crippen LogP contribution >= 0.6 is 0 Å². The Morgan fingerprint density at radius 2 is 2.20 bits per heavy atom. The van der Waals surface area contributed by atoms with Gasteiger partial charge >= 0.3 is 0 Å². The summed E-state index contributed by atoms with van der Waals surface area (Å²) >= 11 is 0. The molecule has 6 heteroatoms. The normalized spacial score (nSPS) is 27.6. The van der Waals surface area contributed by atoms with E-state index in [4.69, 9.17) is 0 Å². The molecule has 2 fully saturated rings. The summed E-state index contributed by atoms with van der Waals surface area (Å²) in [5.41, 5.74) is 0.573. The Bertz CT molecular complexity index is 466. The molecule has 2 aliphatic rings. The average molecular weight is 277 g/mol. The number of amides is 1. The molecule has 0 saturated carbocycles. The second-order valence-electron chi connectivity index (χ2n) is 5.73. The zero-order valence-corrected chi connectivity index (χ0v) is 12.0. The molecule has 3 rings (SSSR count). The van der Waals surface area contributed by atoms with Gasteiger partial charge in [0.25, 0.3) is 5.91 Å². The first kappa shape index (κ1) is 13.6. The summed E-state index contributed by atoms with van der Waals surface area (Å²) in [5.74, 6) is 0.0570. The highest BCUT2D eigenvalue weighted by molar-refractivity contribution is 5.92. The van der Waals surface area contributed by atoms with Gasteiger partial charge < -0.3 is 15.5 Å². The van der Waals surface area contributed by atoms with Crippen molar-refractivity contribution in [1.82, 2.24) is 25.3 Å². The lowest BCUT2D eigenvalue weighted by molar-refractivity contribution is 0.0648. The van der Waals surface area contributed by atoms with Gasteiger partial charge in [-0.3, -0.25) is 9.48 Å². The molecule has 2 saturated heterocycles. The zero-order valence-electron chi connectivity index (χ0n) is 12.0. The van der Waals surface area contributed by atoms with Crippen molar-refractivity contribution >= 4 is 5.91 Å². The maximum Gasteiger partial charge on any atom is 0.274 e. The number of piperazine rings is 1. The Labute approximate surface area is 119 Å². The lowest BCUT2D eigenvalue weighted by Gasteiger charge is -2.33. The largest absolute Gasteiger partial charge is 0.332 e. The van der Waals surface area contributed by atoms with E-state index in [-0.39, 0.29) is 11.9 Å². The van der Waals surface area contributed by atoms with Gasteiger partial charge in [-0.25, -0.2) is 0 Å². The summed E-state index contributed by atoms with van der Waals surface area (Å²) in [4.78, 5) is 14.4. The lowest BCUT2D eigenvalue weighted by Crippen LogP contribution is -2.52. The van der Waals surface area contributed by atoms with Gasteiger partial charge in [0.05, 0.1) is 6.04 Å². The summed E-state index contributed by atoms with van der Waals surface area (Å²) in [6, 6.07) is 2.47. The number of nitrogens with zero attached hydrogens (tertiary/aromatic N) is 3. The summed E-state index contributed by atoms with van der Waals surface area (Å²) in [6.45, 7) is 6.59. The molecule has 0 aliphatic carbocycles. The molecule has 2 N–H and O–H groups in total. The van der Waals surface area contributed by atoms with Crippen LogP contribution in [0.5, 0.6) is 0 Å². The quantitative estimate of drug-likeness (QED) is 0.813. The van der Waals surface area contributed by atoms with Crippen LogP contribution in [0.3, 0.4) is 0 Å². The van der Waals surface area contributed by atoms with E-state index in [1.165, 1.54) is 6.42 Å². The number of carbonyl (C=O) groups excluding carboxylic acids is 1. The minimum absolute atomic E-state index is 0.0570. The number of piperidine rings is 1. The SMILES string of the molecule is CC1CNCCN1C(=O)c1ccn(C2CCCNC2)n1. The van der Waals surface area contributed by atoms with Gasteiger partial charge in [0.2, 0.25) is 0 Å². The van der Waals surface area contributed by atoms with Crippen molar-refractivity contribution in [2.75, 3.05) is 32.7 Å². The van der Waals surface area contributed by atoms with Crippen molar-refractivity contribution in [3.8, 4) is 0 Å². The van der Waals surface area contributed by atoms with Gasteiger partial charge in [0.1, 0.15) is 5.69 Å². The first-order valence-corrected chi connectivity index (χ1v) is 7.53. The van der Waals surface area contributed by atoms with Gasteiger partial charge in [-0.1, -0.05) is 0 Å². The topological polar surface area (TPSA) is 62.2 Å². The Balaban J connectivity index is 1.70. The average Bonchev–Trinajstić information content (AvgIpc) is 2.98. The highest BCUT2D eigenvalue weighted by Crippen LogP contribution is 2.17. The van der Waals surface area contributed by atoms with E-state index in [9.17, 15) is 4.79 Å². The smallest absolute Gasteiger partial charge is 0.274 e. The molecule has 20 heavy (non-hydrogen) atoms. The van der Waals surface area contributed by atoms with Crippen LogP contribution in [0.2, 0.25) is 0 Å². The standard InChI is InChI=1S/C14H23N5O/c1-11-9-16-6-8-18(11)14(20)13-4-7-19(17-13)12-3-2-5-15-10-12/h4,7,11-12,15-16H,2-3,5-6,8-10H2,1H3. The summed E-state index contributed by atoms with van der Waals surface area (Å²) in [5, 5.41) is 11.2. The number of rotatable bonds is 2. The predicted octanol–water partition coefficient (Wildman–Crippen LogP) is 0.242. The lowest BCUT2D eigenvalue weighted by atomic mass is 10.1. The maximum absolute atomic E-state index is 12.5. The molecule has 2 unspecified atom stereocenters. The highest BCUT2D eigenvalue weighted by atomic mass is 16.2. The van der Waals surface area contributed by atoms with E-state index < -0.39 is 0 Å². The molecule has 2 aliphatic heterocycles. The third-order valence-electron chi connectivity index (χ3n) is 4.23. The van der Waals surface area contributed by atoms with E-state index in [0.717, 1.165) is 39.1 Å². The molecule has 110 valence electrons. The van der Waals surface area contributed by atoms with Crippen LogP contribution in [0.25, 0.3) is 0 Å². The minimum Gasteiger partial charge on any atom is -0.332 e. The fraction of sp³-hybridized carbons (Fsp3) is 0.714. The Kier molecular flexibility index (Phi) is 4.03. The molecule has 1 aromatic heterocycles. The summed E-state index contributed by atoms with van der Waals surface area (Å²) < 4.78 is 1.95. The molecule has 0 radical (unpaired) electrons. The van der Waals surface area contributed by atoms with Crippen LogP contribution < -0.4 is 10.6 Å². The second-order valence-corrected chi connectivity index (χ2v) is 5.73. The molecule has 1 aromatic rings. The fourth-order valence-electron chi connectivity index (χ4n) is 3.00. The van der Waals surface area contributed by atoms with Gasteiger partial charge in [-0.15, -0.1) is 0 Å². The first-order chi connectivity index (χ1) is 9.75. The summed E-state index contributed by atoms with van der Waals surface area (Å²) in [6.07, 6.45) is 4.24. The fourth-order valence-corrected chi connectivity index (χ4v) is 3.00. The van der Waals surface area contributed by atoms with E-state index in [0.29, 0.717) is 11.7 Å². The minimum atomic E-state index is 0.0570. The van der Waals surface area contributed by atoms with Crippen LogP contribution in [-0.4, -0.2) is 59.4 Å². The molecule has 6 nitrogen and oxygen atoms in total. The van der Waals surface area contributed by atoms with Gasteiger partial charge in [0, 0.05) is 38.4 Å². The molecular weight excluding hydrogens is 254 g/mol. The van der Waals surface area contributed by atoms with Crippen molar-refractivity contribution in [3.05, 3.63) is 18.0 Å². The molecule has 3 heterocycles. The van der Waals surface area contributed by atoms with Gasteiger partial charge in [0.15, 0.2) is 0 Å². The van der Waals surface area contributed by atoms with E-state index in [1.54, 1.807) is 0 Å². The van der Waals surface area contributed by atoms with E-state index in [1.807, 2.05) is 21.8 Å². The van der Waals surface area contributed by atoms with Crippen molar-refractivity contribution in [2.24, 2.45) is 0 Å². The van der Waals surface area contributed by atoms with E-state index >= 15 is 0 Å². The van der Waals surface area contributed by atoms with Crippen molar-refractivity contribution < 1.29 is 4.79 Å². The monoisotopic (exact) mass is 277 g/mol. The van der Waals surface area contributed by atoms with Crippen LogP contribution in [0.4, 0.5) is 0 Å². The second kappa shape index (κ2) is 5.93. The predicted molar refractivity (Wildman–Crippen MR) is 76.7 cm³/mol. The molecule has 0 aromatic carbocycles. The van der Waals surface area contributed by atoms with Gasteiger partial charge in [-0.05, 0) is 32.4 Å². The molecule has 1 amide bonds. The Morgan fingerprint density at radius 3 is 2.95 bits per heavy atom. The van der Waals surface area contributed by atoms with Gasteiger partial charge in [-0.2, -0.15) is 5.10 Å².